The second-order valence-electron chi connectivity index (χ2n) is 4.37. The lowest BCUT2D eigenvalue weighted by molar-refractivity contribution is 0.414. The monoisotopic (exact) mass is 323 g/mol. The Morgan fingerprint density at radius 1 is 1.16 bits per heavy atom. The topological polar surface area (TPSA) is 35.2 Å². The molecular formula is C15H15BrFNO. The van der Waals surface area contributed by atoms with E-state index >= 15 is 0 Å². The summed E-state index contributed by atoms with van der Waals surface area (Å²) in [5.74, 6) is 0.460. The van der Waals surface area contributed by atoms with Gasteiger partial charge in [0, 0.05) is 10.0 Å². The molecule has 0 spiro atoms. The van der Waals surface area contributed by atoms with E-state index in [4.69, 9.17) is 10.5 Å². The third kappa shape index (κ3) is 2.96. The fraction of sp³-hybridized carbons (Fsp3) is 0.200. The van der Waals surface area contributed by atoms with Crippen LogP contribution >= 0.6 is 15.9 Å². The Morgan fingerprint density at radius 2 is 1.84 bits per heavy atom. The molecule has 0 aliphatic heterocycles. The molecule has 4 heteroatoms. The van der Waals surface area contributed by atoms with Crippen molar-refractivity contribution in [1.29, 1.82) is 0 Å². The summed E-state index contributed by atoms with van der Waals surface area (Å²) in [7, 11) is 1.61. The maximum atomic E-state index is 13.9. The SMILES string of the molecule is COc1ccc(C(N)c2ccc(Br)cc2F)c(C)c1. The molecule has 0 aromatic heterocycles. The summed E-state index contributed by atoms with van der Waals surface area (Å²) in [5.41, 5.74) is 8.52. The molecule has 0 radical (unpaired) electrons. The van der Waals surface area contributed by atoms with Crippen LogP contribution in [0.1, 0.15) is 22.7 Å². The second kappa shape index (κ2) is 5.72. The molecule has 1 atom stereocenters. The van der Waals surface area contributed by atoms with E-state index in [0.717, 1.165) is 16.9 Å². The van der Waals surface area contributed by atoms with Gasteiger partial charge in [0.15, 0.2) is 0 Å². The molecule has 0 bridgehead atoms. The summed E-state index contributed by atoms with van der Waals surface area (Å²) in [5, 5.41) is 0. The molecule has 0 fully saturated rings. The largest absolute Gasteiger partial charge is 0.497 e. The lowest BCUT2D eigenvalue weighted by Crippen LogP contribution is -2.15. The Bertz CT molecular complexity index is 601. The molecule has 2 rings (SSSR count). The molecule has 0 aliphatic rings. The summed E-state index contributed by atoms with van der Waals surface area (Å²) >= 11 is 3.24. The van der Waals surface area contributed by atoms with Crippen molar-refractivity contribution in [2.24, 2.45) is 5.73 Å². The van der Waals surface area contributed by atoms with Crippen molar-refractivity contribution < 1.29 is 9.13 Å². The minimum atomic E-state index is -0.487. The van der Waals surface area contributed by atoms with E-state index in [1.54, 1.807) is 19.2 Å². The fourth-order valence-corrected chi connectivity index (χ4v) is 2.38. The van der Waals surface area contributed by atoms with Gasteiger partial charge in [0.25, 0.3) is 0 Å². The van der Waals surface area contributed by atoms with Gasteiger partial charge in [-0.1, -0.05) is 28.1 Å². The quantitative estimate of drug-likeness (QED) is 0.928. The molecule has 2 N–H and O–H groups in total. The summed E-state index contributed by atoms with van der Waals surface area (Å²) in [6, 6.07) is 10.0. The first-order valence-corrected chi connectivity index (χ1v) is 6.67. The highest BCUT2D eigenvalue weighted by atomic mass is 79.9. The Kier molecular flexibility index (Phi) is 4.22. The van der Waals surface area contributed by atoms with Gasteiger partial charge in [-0.15, -0.1) is 0 Å². The molecule has 0 saturated heterocycles. The van der Waals surface area contributed by atoms with Crippen LogP contribution in [-0.2, 0) is 0 Å². The van der Waals surface area contributed by atoms with E-state index in [0.29, 0.717) is 10.0 Å². The first-order valence-electron chi connectivity index (χ1n) is 5.88. The number of halogens is 2. The third-order valence-corrected chi connectivity index (χ3v) is 3.60. The van der Waals surface area contributed by atoms with Crippen molar-refractivity contribution in [2.75, 3.05) is 7.11 Å². The first-order chi connectivity index (χ1) is 9.02. The molecule has 2 aromatic rings. The van der Waals surface area contributed by atoms with Gasteiger partial charge in [0.1, 0.15) is 11.6 Å². The van der Waals surface area contributed by atoms with Crippen molar-refractivity contribution in [3.8, 4) is 5.75 Å². The van der Waals surface area contributed by atoms with E-state index in [-0.39, 0.29) is 5.82 Å². The number of aryl methyl sites for hydroxylation is 1. The highest BCUT2D eigenvalue weighted by molar-refractivity contribution is 9.10. The standard InChI is InChI=1S/C15H15BrFNO/c1-9-7-11(19-2)4-6-12(9)15(18)13-5-3-10(16)8-14(13)17/h3-8,15H,18H2,1-2H3. The van der Waals surface area contributed by atoms with E-state index in [1.807, 2.05) is 25.1 Å². The van der Waals surface area contributed by atoms with Crippen molar-refractivity contribution in [3.05, 3.63) is 63.4 Å². The molecule has 2 nitrogen and oxygen atoms in total. The van der Waals surface area contributed by atoms with Crippen molar-refractivity contribution in [1.82, 2.24) is 0 Å². The Balaban J connectivity index is 2.41. The van der Waals surface area contributed by atoms with Crippen LogP contribution in [0.5, 0.6) is 5.75 Å². The number of hydrogen-bond acceptors (Lipinski definition) is 2. The molecule has 1 unspecified atom stereocenters. The van der Waals surface area contributed by atoms with Crippen LogP contribution in [0.2, 0.25) is 0 Å². The van der Waals surface area contributed by atoms with Gasteiger partial charge in [-0.05, 0) is 42.3 Å². The zero-order valence-corrected chi connectivity index (χ0v) is 12.4. The van der Waals surface area contributed by atoms with Gasteiger partial charge >= 0.3 is 0 Å². The van der Waals surface area contributed by atoms with Gasteiger partial charge in [0.2, 0.25) is 0 Å². The average Bonchev–Trinajstić information content (AvgIpc) is 2.37. The highest BCUT2D eigenvalue weighted by Gasteiger charge is 2.16. The van der Waals surface area contributed by atoms with Gasteiger partial charge in [-0.2, -0.15) is 0 Å². The predicted octanol–water partition coefficient (Wildman–Crippen LogP) is 3.95. The zero-order chi connectivity index (χ0) is 14.0. The number of nitrogens with two attached hydrogens (primary N) is 1. The van der Waals surface area contributed by atoms with E-state index < -0.39 is 6.04 Å². The van der Waals surface area contributed by atoms with Gasteiger partial charge < -0.3 is 10.5 Å². The van der Waals surface area contributed by atoms with Crippen LogP contribution in [0.25, 0.3) is 0 Å². The van der Waals surface area contributed by atoms with E-state index in [9.17, 15) is 4.39 Å². The summed E-state index contributed by atoms with van der Waals surface area (Å²) in [4.78, 5) is 0. The number of methoxy groups -OCH3 is 1. The normalized spacial score (nSPS) is 12.3. The van der Waals surface area contributed by atoms with E-state index in [2.05, 4.69) is 15.9 Å². The molecule has 0 saturated carbocycles. The number of benzene rings is 2. The first kappa shape index (κ1) is 14.0. The molecule has 2 aromatic carbocycles. The van der Waals surface area contributed by atoms with Crippen molar-refractivity contribution in [2.45, 2.75) is 13.0 Å². The lowest BCUT2D eigenvalue weighted by atomic mass is 9.95. The minimum absolute atomic E-state index is 0.308. The Labute approximate surface area is 120 Å². The number of rotatable bonds is 3. The van der Waals surface area contributed by atoms with Crippen LogP contribution in [0.4, 0.5) is 4.39 Å². The zero-order valence-electron chi connectivity index (χ0n) is 10.8. The maximum Gasteiger partial charge on any atom is 0.129 e. The highest BCUT2D eigenvalue weighted by Crippen LogP contribution is 2.28. The smallest absolute Gasteiger partial charge is 0.129 e. The van der Waals surface area contributed by atoms with Crippen LogP contribution in [-0.4, -0.2) is 7.11 Å². The molecule has 0 aliphatic carbocycles. The lowest BCUT2D eigenvalue weighted by Gasteiger charge is -2.17. The molecule has 0 amide bonds. The molecule has 0 heterocycles. The molecular weight excluding hydrogens is 309 g/mol. The molecule has 100 valence electrons. The van der Waals surface area contributed by atoms with Crippen LogP contribution in [0.3, 0.4) is 0 Å². The van der Waals surface area contributed by atoms with Crippen molar-refractivity contribution >= 4 is 15.9 Å². The van der Waals surface area contributed by atoms with Crippen molar-refractivity contribution in [3.63, 3.8) is 0 Å². The van der Waals surface area contributed by atoms with Gasteiger partial charge in [0.05, 0.1) is 13.2 Å². The summed E-state index contributed by atoms with van der Waals surface area (Å²) < 4.78 is 19.8. The predicted molar refractivity (Wildman–Crippen MR) is 77.9 cm³/mol. The Morgan fingerprint density at radius 3 is 2.42 bits per heavy atom. The fourth-order valence-electron chi connectivity index (χ4n) is 2.05. The maximum absolute atomic E-state index is 13.9. The van der Waals surface area contributed by atoms with Gasteiger partial charge in [-0.25, -0.2) is 4.39 Å². The third-order valence-electron chi connectivity index (χ3n) is 3.11. The summed E-state index contributed by atoms with van der Waals surface area (Å²) in [6.45, 7) is 1.94. The average molecular weight is 324 g/mol. The molecule has 19 heavy (non-hydrogen) atoms. The number of hydrogen-bond donors (Lipinski definition) is 1. The Hall–Kier alpha value is -1.39. The van der Waals surface area contributed by atoms with Crippen LogP contribution in [0, 0.1) is 12.7 Å². The van der Waals surface area contributed by atoms with Crippen LogP contribution < -0.4 is 10.5 Å². The second-order valence-corrected chi connectivity index (χ2v) is 5.28. The minimum Gasteiger partial charge on any atom is -0.497 e. The summed E-state index contributed by atoms with van der Waals surface area (Å²) in [6.07, 6.45) is 0. The van der Waals surface area contributed by atoms with E-state index in [1.165, 1.54) is 6.07 Å². The van der Waals surface area contributed by atoms with Crippen LogP contribution in [0.15, 0.2) is 40.9 Å². The number of ether oxygens (including phenoxy) is 1. The van der Waals surface area contributed by atoms with Gasteiger partial charge in [-0.3, -0.25) is 0 Å².